The van der Waals surface area contributed by atoms with Crippen LogP contribution in [0.3, 0.4) is 0 Å². The van der Waals surface area contributed by atoms with E-state index in [9.17, 15) is 13.2 Å². The molecule has 1 unspecified atom stereocenters. The number of halogens is 3. The van der Waals surface area contributed by atoms with Gasteiger partial charge in [0.25, 0.3) is 0 Å². The Labute approximate surface area is 158 Å². The maximum atomic E-state index is 12.5. The number of hydrogen-bond donors (Lipinski definition) is 1. The Morgan fingerprint density at radius 1 is 1.07 bits per heavy atom. The van der Waals surface area contributed by atoms with Crippen LogP contribution >= 0.6 is 0 Å². The van der Waals surface area contributed by atoms with Gasteiger partial charge in [-0.15, -0.1) is 0 Å². The molecule has 8 heteroatoms. The highest BCUT2D eigenvalue weighted by Gasteiger charge is 2.35. The highest BCUT2D eigenvalue weighted by molar-refractivity contribution is 5.80. The van der Waals surface area contributed by atoms with E-state index in [4.69, 9.17) is 0 Å². The molecule has 2 heterocycles. The van der Waals surface area contributed by atoms with E-state index in [1.807, 2.05) is 6.07 Å². The highest BCUT2D eigenvalue weighted by Crippen LogP contribution is 2.20. The molecule has 5 nitrogen and oxygen atoms in total. The molecule has 0 aliphatic carbocycles. The molecule has 0 aromatic heterocycles. The third-order valence-electron chi connectivity index (χ3n) is 5.14. The average molecular weight is 383 g/mol. The van der Waals surface area contributed by atoms with Crippen LogP contribution in [0.2, 0.25) is 0 Å². The van der Waals surface area contributed by atoms with Crippen molar-refractivity contribution in [1.29, 1.82) is 0 Å². The minimum atomic E-state index is -4.13. The summed E-state index contributed by atoms with van der Waals surface area (Å²) in [6.07, 6.45) is -3.42. The normalized spacial score (nSPS) is 23.0. The van der Waals surface area contributed by atoms with E-state index >= 15 is 0 Å². The quantitative estimate of drug-likeness (QED) is 0.637. The van der Waals surface area contributed by atoms with Gasteiger partial charge in [0, 0.05) is 58.9 Å². The number of guanidine groups is 1. The van der Waals surface area contributed by atoms with Crippen molar-refractivity contribution in [2.75, 3.05) is 52.9 Å². The van der Waals surface area contributed by atoms with Gasteiger partial charge in [-0.2, -0.15) is 13.2 Å². The number of alkyl halides is 3. The fourth-order valence-electron chi connectivity index (χ4n) is 3.79. The van der Waals surface area contributed by atoms with Crippen molar-refractivity contribution >= 4 is 5.96 Å². The Hall–Kier alpha value is -1.80. The molecular weight excluding hydrogens is 355 g/mol. The second kappa shape index (κ2) is 8.93. The second-order valence-corrected chi connectivity index (χ2v) is 7.28. The molecule has 1 N–H and O–H groups in total. The molecule has 2 aliphatic heterocycles. The lowest BCUT2D eigenvalue weighted by Gasteiger charge is -2.37. The van der Waals surface area contributed by atoms with Crippen LogP contribution in [0.5, 0.6) is 0 Å². The maximum absolute atomic E-state index is 12.5. The Balaban J connectivity index is 1.44. The lowest BCUT2D eigenvalue weighted by molar-refractivity contribution is -0.143. The van der Waals surface area contributed by atoms with Crippen LogP contribution in [-0.2, 0) is 6.54 Å². The monoisotopic (exact) mass is 383 g/mol. The first-order chi connectivity index (χ1) is 12.9. The summed E-state index contributed by atoms with van der Waals surface area (Å²) in [5, 5.41) is 3.36. The highest BCUT2D eigenvalue weighted by atomic mass is 19.4. The summed E-state index contributed by atoms with van der Waals surface area (Å²) >= 11 is 0. The molecule has 2 saturated heterocycles. The summed E-state index contributed by atoms with van der Waals surface area (Å²) in [5.74, 6) is 0.799. The van der Waals surface area contributed by atoms with Crippen LogP contribution in [0, 0.1) is 0 Å². The van der Waals surface area contributed by atoms with Crippen LogP contribution in [-0.4, -0.2) is 85.7 Å². The molecule has 0 bridgehead atoms. The van der Waals surface area contributed by atoms with Gasteiger partial charge in [-0.3, -0.25) is 14.8 Å². The van der Waals surface area contributed by atoms with Gasteiger partial charge in [-0.05, 0) is 12.0 Å². The van der Waals surface area contributed by atoms with Crippen molar-refractivity contribution < 1.29 is 13.2 Å². The molecule has 0 amide bonds. The van der Waals surface area contributed by atoms with Crippen LogP contribution in [0.1, 0.15) is 12.0 Å². The SMILES string of the molecule is CN=C(NC1CCN(CC(F)(F)F)C1)N1CCN(Cc2ccccc2)CC1. The maximum Gasteiger partial charge on any atom is 0.401 e. The van der Waals surface area contributed by atoms with Gasteiger partial charge in [0.05, 0.1) is 6.54 Å². The Kier molecular flexibility index (Phi) is 6.59. The Bertz CT molecular complexity index is 612. The van der Waals surface area contributed by atoms with Crippen molar-refractivity contribution in [3.8, 4) is 0 Å². The van der Waals surface area contributed by atoms with Gasteiger partial charge in [-0.1, -0.05) is 30.3 Å². The van der Waals surface area contributed by atoms with E-state index in [0.29, 0.717) is 19.5 Å². The molecule has 1 aromatic rings. The largest absolute Gasteiger partial charge is 0.401 e. The molecular formula is C19H28F3N5. The first-order valence-electron chi connectivity index (χ1n) is 9.46. The van der Waals surface area contributed by atoms with Gasteiger partial charge in [0.15, 0.2) is 5.96 Å². The first kappa shape index (κ1) is 19.9. The molecule has 2 aliphatic rings. The molecule has 27 heavy (non-hydrogen) atoms. The van der Waals surface area contributed by atoms with Gasteiger partial charge in [0.2, 0.25) is 0 Å². The zero-order valence-electron chi connectivity index (χ0n) is 15.8. The summed E-state index contributed by atoms with van der Waals surface area (Å²) in [6.45, 7) is 4.61. The van der Waals surface area contributed by atoms with Gasteiger partial charge >= 0.3 is 6.18 Å². The predicted octanol–water partition coefficient (Wildman–Crippen LogP) is 2.02. The number of nitrogens with one attached hydrogen (secondary N) is 1. The number of benzene rings is 1. The van der Waals surface area contributed by atoms with Crippen molar-refractivity contribution in [2.24, 2.45) is 4.99 Å². The van der Waals surface area contributed by atoms with Crippen LogP contribution < -0.4 is 5.32 Å². The van der Waals surface area contributed by atoms with Gasteiger partial charge in [0.1, 0.15) is 0 Å². The van der Waals surface area contributed by atoms with Gasteiger partial charge in [-0.25, -0.2) is 0 Å². The smallest absolute Gasteiger partial charge is 0.352 e. The third kappa shape index (κ3) is 6.10. The molecule has 0 saturated carbocycles. The van der Waals surface area contributed by atoms with Crippen LogP contribution in [0.4, 0.5) is 13.2 Å². The van der Waals surface area contributed by atoms with Crippen LogP contribution in [0.15, 0.2) is 35.3 Å². The average Bonchev–Trinajstić information content (AvgIpc) is 3.06. The van der Waals surface area contributed by atoms with Gasteiger partial charge < -0.3 is 10.2 Å². The second-order valence-electron chi connectivity index (χ2n) is 7.28. The number of hydrogen-bond acceptors (Lipinski definition) is 3. The fourth-order valence-corrected chi connectivity index (χ4v) is 3.79. The van der Waals surface area contributed by atoms with Crippen molar-refractivity contribution in [3.05, 3.63) is 35.9 Å². The number of likely N-dealkylation sites (tertiary alicyclic amines) is 1. The molecule has 150 valence electrons. The van der Waals surface area contributed by atoms with Crippen molar-refractivity contribution in [2.45, 2.75) is 25.2 Å². The fraction of sp³-hybridized carbons (Fsp3) is 0.632. The predicted molar refractivity (Wildman–Crippen MR) is 101 cm³/mol. The zero-order valence-corrected chi connectivity index (χ0v) is 15.8. The molecule has 2 fully saturated rings. The Morgan fingerprint density at radius 2 is 1.78 bits per heavy atom. The summed E-state index contributed by atoms with van der Waals surface area (Å²) < 4.78 is 37.6. The first-order valence-corrected chi connectivity index (χ1v) is 9.46. The van der Waals surface area contributed by atoms with E-state index < -0.39 is 12.7 Å². The summed E-state index contributed by atoms with van der Waals surface area (Å²) in [5.41, 5.74) is 1.31. The van der Waals surface area contributed by atoms with E-state index in [-0.39, 0.29) is 6.04 Å². The standard InChI is InChI=1S/C19H28F3N5/c1-23-18(24-17-7-8-26(14-17)15-19(20,21)22)27-11-9-25(10-12-27)13-16-5-3-2-4-6-16/h2-6,17H,7-15H2,1H3,(H,23,24). The minimum absolute atomic E-state index is 0.0217. The molecule has 1 atom stereocenters. The summed E-state index contributed by atoms with van der Waals surface area (Å²) in [7, 11) is 1.74. The Morgan fingerprint density at radius 3 is 2.41 bits per heavy atom. The lowest BCUT2D eigenvalue weighted by Crippen LogP contribution is -2.54. The zero-order chi connectivity index (χ0) is 19.3. The van der Waals surface area contributed by atoms with E-state index in [1.165, 1.54) is 10.5 Å². The minimum Gasteiger partial charge on any atom is -0.352 e. The van der Waals surface area contributed by atoms with E-state index in [2.05, 4.69) is 44.4 Å². The molecule has 0 spiro atoms. The van der Waals surface area contributed by atoms with Crippen molar-refractivity contribution in [3.63, 3.8) is 0 Å². The number of rotatable bonds is 4. The van der Waals surface area contributed by atoms with Crippen molar-refractivity contribution in [1.82, 2.24) is 20.0 Å². The molecule has 1 aromatic carbocycles. The molecule has 3 rings (SSSR count). The number of aliphatic imine (C=N–C) groups is 1. The third-order valence-corrected chi connectivity index (χ3v) is 5.14. The summed E-state index contributed by atoms with van der Waals surface area (Å²) in [6, 6.07) is 10.4. The van der Waals surface area contributed by atoms with E-state index in [0.717, 1.165) is 38.7 Å². The van der Waals surface area contributed by atoms with E-state index in [1.54, 1.807) is 7.05 Å². The summed E-state index contributed by atoms with van der Waals surface area (Å²) in [4.78, 5) is 10.4. The number of nitrogens with zero attached hydrogens (tertiary/aromatic N) is 4. The number of piperazine rings is 1. The lowest BCUT2D eigenvalue weighted by atomic mass is 10.2. The van der Waals surface area contributed by atoms with Crippen LogP contribution in [0.25, 0.3) is 0 Å². The molecule has 0 radical (unpaired) electrons. The topological polar surface area (TPSA) is 34.1 Å².